The van der Waals surface area contributed by atoms with Crippen molar-refractivity contribution in [3.63, 3.8) is 0 Å². The van der Waals surface area contributed by atoms with Gasteiger partial charge in [-0.2, -0.15) is 0 Å². The van der Waals surface area contributed by atoms with Gasteiger partial charge in [0.2, 0.25) is 0 Å². The minimum atomic E-state index is -0.0677. The monoisotopic (exact) mass is 322 g/mol. The molecule has 110 valence electrons. The standard InChI is InChI=1S/C16H16Cl2N2O/c1-2-19-16(21)11-3-6-14(7-4-11)20-10-12-9-13(17)5-8-15(12)18/h3-9,20H,2,10H2,1H3,(H,19,21). The fraction of sp³-hybridized carbons (Fsp3) is 0.188. The van der Waals surface area contributed by atoms with E-state index in [0.717, 1.165) is 11.3 Å². The van der Waals surface area contributed by atoms with Crippen LogP contribution in [-0.4, -0.2) is 12.5 Å². The summed E-state index contributed by atoms with van der Waals surface area (Å²) < 4.78 is 0. The van der Waals surface area contributed by atoms with Gasteiger partial charge < -0.3 is 10.6 Å². The smallest absolute Gasteiger partial charge is 0.251 e. The Balaban J connectivity index is 2.00. The SMILES string of the molecule is CCNC(=O)c1ccc(NCc2cc(Cl)ccc2Cl)cc1. The summed E-state index contributed by atoms with van der Waals surface area (Å²) in [6.07, 6.45) is 0. The minimum absolute atomic E-state index is 0.0677. The summed E-state index contributed by atoms with van der Waals surface area (Å²) in [5.41, 5.74) is 2.49. The molecule has 0 atom stereocenters. The summed E-state index contributed by atoms with van der Waals surface area (Å²) >= 11 is 12.1. The average molecular weight is 323 g/mol. The lowest BCUT2D eigenvalue weighted by atomic mass is 10.1. The maximum atomic E-state index is 11.7. The maximum absolute atomic E-state index is 11.7. The molecule has 0 aliphatic carbocycles. The third-order valence-electron chi connectivity index (χ3n) is 2.98. The molecule has 0 aromatic heterocycles. The second-order valence-electron chi connectivity index (χ2n) is 4.53. The van der Waals surface area contributed by atoms with Crippen molar-refractivity contribution < 1.29 is 4.79 Å². The Kier molecular flexibility index (Phi) is 5.48. The van der Waals surface area contributed by atoms with E-state index in [1.54, 1.807) is 24.3 Å². The molecule has 0 radical (unpaired) electrons. The van der Waals surface area contributed by atoms with Crippen LogP contribution < -0.4 is 10.6 Å². The van der Waals surface area contributed by atoms with Gasteiger partial charge in [0.25, 0.3) is 5.91 Å². The highest BCUT2D eigenvalue weighted by Gasteiger charge is 2.04. The molecule has 0 aliphatic rings. The molecule has 2 N–H and O–H groups in total. The van der Waals surface area contributed by atoms with Crippen molar-refractivity contribution in [3.8, 4) is 0 Å². The van der Waals surface area contributed by atoms with Crippen molar-refractivity contribution in [1.82, 2.24) is 5.32 Å². The maximum Gasteiger partial charge on any atom is 0.251 e. The zero-order valence-corrected chi connectivity index (χ0v) is 13.1. The minimum Gasteiger partial charge on any atom is -0.381 e. The largest absolute Gasteiger partial charge is 0.381 e. The Bertz CT molecular complexity index is 627. The summed E-state index contributed by atoms with van der Waals surface area (Å²) in [5, 5.41) is 7.34. The van der Waals surface area contributed by atoms with E-state index in [4.69, 9.17) is 23.2 Å². The first-order valence-electron chi connectivity index (χ1n) is 6.66. The molecule has 0 fully saturated rings. The molecule has 21 heavy (non-hydrogen) atoms. The fourth-order valence-electron chi connectivity index (χ4n) is 1.88. The van der Waals surface area contributed by atoms with Gasteiger partial charge in [0.05, 0.1) is 0 Å². The van der Waals surface area contributed by atoms with Crippen molar-refractivity contribution in [2.45, 2.75) is 13.5 Å². The molecule has 0 unspecified atom stereocenters. The third-order valence-corrected chi connectivity index (χ3v) is 3.58. The number of nitrogens with one attached hydrogen (secondary N) is 2. The number of anilines is 1. The molecular weight excluding hydrogens is 307 g/mol. The Labute approximate surface area is 134 Å². The number of benzene rings is 2. The number of hydrogen-bond acceptors (Lipinski definition) is 2. The van der Waals surface area contributed by atoms with Crippen molar-refractivity contribution in [2.75, 3.05) is 11.9 Å². The van der Waals surface area contributed by atoms with Gasteiger partial charge in [0.15, 0.2) is 0 Å². The number of amides is 1. The lowest BCUT2D eigenvalue weighted by Gasteiger charge is -2.09. The van der Waals surface area contributed by atoms with Crippen LogP contribution >= 0.6 is 23.2 Å². The summed E-state index contributed by atoms with van der Waals surface area (Å²) in [6.45, 7) is 3.08. The first kappa shape index (κ1) is 15.7. The van der Waals surface area contributed by atoms with Gasteiger partial charge in [-0.25, -0.2) is 0 Å². The van der Waals surface area contributed by atoms with Crippen LogP contribution in [0.25, 0.3) is 0 Å². The average Bonchev–Trinajstić information content (AvgIpc) is 2.49. The number of halogens is 2. The van der Waals surface area contributed by atoms with Crippen molar-refractivity contribution in [2.24, 2.45) is 0 Å². The Morgan fingerprint density at radius 3 is 2.48 bits per heavy atom. The van der Waals surface area contributed by atoms with E-state index < -0.39 is 0 Å². The van der Waals surface area contributed by atoms with Crippen LogP contribution in [0.5, 0.6) is 0 Å². The van der Waals surface area contributed by atoms with Crippen molar-refractivity contribution in [3.05, 3.63) is 63.6 Å². The summed E-state index contributed by atoms with van der Waals surface area (Å²) in [7, 11) is 0. The van der Waals surface area contributed by atoms with E-state index in [2.05, 4.69) is 10.6 Å². The number of hydrogen-bond donors (Lipinski definition) is 2. The summed E-state index contributed by atoms with van der Waals surface area (Å²) in [4.78, 5) is 11.7. The van der Waals surface area contributed by atoms with E-state index >= 15 is 0 Å². The first-order valence-corrected chi connectivity index (χ1v) is 7.42. The molecule has 0 aliphatic heterocycles. The molecule has 2 aromatic carbocycles. The van der Waals surface area contributed by atoms with Crippen molar-refractivity contribution >= 4 is 34.8 Å². The lowest BCUT2D eigenvalue weighted by Crippen LogP contribution is -2.22. The third kappa shape index (κ3) is 4.38. The number of carbonyl (C=O) groups excluding carboxylic acids is 1. The molecule has 0 bridgehead atoms. The summed E-state index contributed by atoms with van der Waals surface area (Å²) in [6, 6.07) is 12.7. The highest BCUT2D eigenvalue weighted by molar-refractivity contribution is 6.33. The van der Waals surface area contributed by atoms with Crippen LogP contribution in [0.4, 0.5) is 5.69 Å². The Morgan fingerprint density at radius 2 is 1.81 bits per heavy atom. The normalized spacial score (nSPS) is 10.2. The predicted molar refractivity (Wildman–Crippen MR) is 88.2 cm³/mol. The lowest BCUT2D eigenvalue weighted by molar-refractivity contribution is 0.0956. The van der Waals surface area contributed by atoms with Crippen LogP contribution in [0.15, 0.2) is 42.5 Å². The van der Waals surface area contributed by atoms with E-state index in [1.807, 2.05) is 25.1 Å². The topological polar surface area (TPSA) is 41.1 Å². The van der Waals surface area contributed by atoms with Gasteiger partial charge in [-0.15, -0.1) is 0 Å². The van der Waals surface area contributed by atoms with E-state index in [0.29, 0.717) is 28.7 Å². The molecule has 0 saturated carbocycles. The highest BCUT2D eigenvalue weighted by Crippen LogP contribution is 2.21. The quantitative estimate of drug-likeness (QED) is 0.858. The van der Waals surface area contributed by atoms with Gasteiger partial charge in [0.1, 0.15) is 0 Å². The fourth-order valence-corrected chi connectivity index (χ4v) is 2.26. The molecule has 1 amide bonds. The van der Waals surface area contributed by atoms with Gasteiger partial charge in [-0.05, 0) is 55.0 Å². The van der Waals surface area contributed by atoms with E-state index in [1.165, 1.54) is 0 Å². The van der Waals surface area contributed by atoms with Gasteiger partial charge >= 0.3 is 0 Å². The molecule has 2 rings (SSSR count). The molecular formula is C16H16Cl2N2O. The van der Waals surface area contributed by atoms with Crippen LogP contribution in [0, 0.1) is 0 Å². The molecule has 0 heterocycles. The van der Waals surface area contributed by atoms with Crippen LogP contribution in [0.2, 0.25) is 10.0 Å². The highest BCUT2D eigenvalue weighted by atomic mass is 35.5. The molecule has 2 aromatic rings. The van der Waals surface area contributed by atoms with Crippen LogP contribution in [0.1, 0.15) is 22.8 Å². The molecule has 0 saturated heterocycles. The van der Waals surface area contributed by atoms with Gasteiger partial charge in [-0.3, -0.25) is 4.79 Å². The number of rotatable bonds is 5. The van der Waals surface area contributed by atoms with E-state index in [-0.39, 0.29) is 5.91 Å². The van der Waals surface area contributed by atoms with Crippen LogP contribution in [-0.2, 0) is 6.54 Å². The second kappa shape index (κ2) is 7.34. The van der Waals surface area contributed by atoms with Gasteiger partial charge in [-0.1, -0.05) is 23.2 Å². The zero-order chi connectivity index (χ0) is 15.2. The van der Waals surface area contributed by atoms with Gasteiger partial charge in [0, 0.05) is 34.4 Å². The number of carbonyl (C=O) groups is 1. The molecule has 0 spiro atoms. The first-order chi connectivity index (χ1) is 10.1. The Morgan fingerprint density at radius 1 is 1.10 bits per heavy atom. The second-order valence-corrected chi connectivity index (χ2v) is 5.37. The Hall–Kier alpha value is -1.71. The molecule has 3 nitrogen and oxygen atoms in total. The van der Waals surface area contributed by atoms with Crippen molar-refractivity contribution in [1.29, 1.82) is 0 Å². The molecule has 5 heteroatoms. The van der Waals surface area contributed by atoms with Crippen LogP contribution in [0.3, 0.4) is 0 Å². The zero-order valence-electron chi connectivity index (χ0n) is 11.6. The van der Waals surface area contributed by atoms with E-state index in [9.17, 15) is 4.79 Å². The summed E-state index contributed by atoms with van der Waals surface area (Å²) in [5.74, 6) is -0.0677. The predicted octanol–water partition coefficient (Wildman–Crippen LogP) is 4.36.